The molecular weight excluding hydrogens is 266 g/mol. The van der Waals surface area contributed by atoms with Gasteiger partial charge in [-0.05, 0) is 51.8 Å². The Morgan fingerprint density at radius 3 is 2.35 bits per heavy atom. The van der Waals surface area contributed by atoms with Gasteiger partial charge in [0.15, 0.2) is 0 Å². The average molecular weight is 287 g/mol. The molecule has 0 radical (unpaired) electrons. The zero-order valence-corrected chi connectivity index (χ0v) is 13.5. The van der Waals surface area contributed by atoms with Crippen molar-refractivity contribution in [2.24, 2.45) is 5.73 Å². The summed E-state index contributed by atoms with van der Waals surface area (Å²) in [6.07, 6.45) is 1.94. The zero-order valence-electron chi connectivity index (χ0n) is 12.7. The van der Waals surface area contributed by atoms with Crippen molar-refractivity contribution in [1.82, 2.24) is 9.78 Å². The number of rotatable bonds is 2. The summed E-state index contributed by atoms with van der Waals surface area (Å²) in [7, 11) is 0. The van der Waals surface area contributed by atoms with Gasteiger partial charge in [0.05, 0.1) is 11.1 Å². The molecule has 2 aromatic rings. The fraction of sp³-hybridized carbons (Fsp3) is 0.375. The summed E-state index contributed by atoms with van der Waals surface area (Å²) < 4.78 is 1.92. The third-order valence-corrected chi connectivity index (χ3v) is 3.67. The predicted molar refractivity (Wildman–Crippen MR) is 88.0 cm³/mol. The molecule has 0 saturated heterocycles. The van der Waals surface area contributed by atoms with Crippen molar-refractivity contribution >= 4 is 17.2 Å². The molecule has 0 unspecified atom stereocenters. The van der Waals surface area contributed by atoms with Crippen molar-refractivity contribution in [2.45, 2.75) is 40.2 Å². The van der Waals surface area contributed by atoms with Gasteiger partial charge in [0, 0.05) is 11.8 Å². The molecule has 106 valence electrons. The smallest absolute Gasteiger partial charge is 0.107 e. The van der Waals surface area contributed by atoms with Gasteiger partial charge >= 0.3 is 0 Å². The number of aryl methyl sites for hydroxylation is 2. The molecule has 0 aliphatic heterocycles. The Bertz CT molecular complexity index is 663. The summed E-state index contributed by atoms with van der Waals surface area (Å²) >= 11 is 5.17. The fourth-order valence-corrected chi connectivity index (χ4v) is 2.15. The maximum absolute atomic E-state index is 5.85. The lowest BCUT2D eigenvalue weighted by molar-refractivity contribution is 0.356. The molecular formula is C16H21N3S. The summed E-state index contributed by atoms with van der Waals surface area (Å²) in [6, 6.07) is 6.30. The standard InChI is InChI=1S/C16H21N3S/c1-10-6-7-12(8-11(10)2)14-13(15(17)20)9-19(18-14)16(3,4)5/h6-9H,1-5H3,(H2,17,20). The first-order valence-electron chi connectivity index (χ1n) is 6.67. The average Bonchev–Trinajstić information content (AvgIpc) is 2.77. The predicted octanol–water partition coefficient (Wildman–Crippen LogP) is 3.56. The summed E-state index contributed by atoms with van der Waals surface area (Å²) in [4.78, 5) is 0.383. The lowest BCUT2D eigenvalue weighted by Crippen LogP contribution is -2.22. The second-order valence-electron chi connectivity index (χ2n) is 6.17. The highest BCUT2D eigenvalue weighted by Gasteiger charge is 2.20. The number of thiocarbonyl (C=S) groups is 1. The van der Waals surface area contributed by atoms with Crippen LogP contribution in [0.2, 0.25) is 0 Å². The minimum Gasteiger partial charge on any atom is -0.389 e. The number of nitrogens with zero attached hydrogens (tertiary/aromatic N) is 2. The first-order chi connectivity index (χ1) is 9.20. The Hall–Kier alpha value is -1.68. The monoisotopic (exact) mass is 287 g/mol. The molecule has 4 heteroatoms. The Kier molecular flexibility index (Phi) is 3.69. The highest BCUT2D eigenvalue weighted by atomic mass is 32.1. The molecule has 1 aromatic heterocycles. The second kappa shape index (κ2) is 5.02. The largest absolute Gasteiger partial charge is 0.389 e. The molecule has 3 nitrogen and oxygen atoms in total. The normalized spacial score (nSPS) is 11.7. The summed E-state index contributed by atoms with van der Waals surface area (Å²) in [5, 5.41) is 4.69. The number of aromatic nitrogens is 2. The Morgan fingerprint density at radius 2 is 1.85 bits per heavy atom. The first-order valence-corrected chi connectivity index (χ1v) is 7.08. The van der Waals surface area contributed by atoms with Crippen molar-refractivity contribution < 1.29 is 0 Å². The van der Waals surface area contributed by atoms with Crippen LogP contribution in [0.15, 0.2) is 24.4 Å². The van der Waals surface area contributed by atoms with E-state index in [1.165, 1.54) is 11.1 Å². The molecule has 0 aliphatic rings. The van der Waals surface area contributed by atoms with Gasteiger partial charge in [0.25, 0.3) is 0 Å². The van der Waals surface area contributed by atoms with Gasteiger partial charge in [-0.25, -0.2) is 0 Å². The van der Waals surface area contributed by atoms with E-state index in [1.807, 2.05) is 10.9 Å². The van der Waals surface area contributed by atoms with Crippen molar-refractivity contribution in [3.63, 3.8) is 0 Å². The topological polar surface area (TPSA) is 43.8 Å². The van der Waals surface area contributed by atoms with E-state index >= 15 is 0 Å². The van der Waals surface area contributed by atoms with Crippen LogP contribution in [-0.2, 0) is 5.54 Å². The van der Waals surface area contributed by atoms with E-state index in [1.54, 1.807) is 0 Å². The quantitative estimate of drug-likeness (QED) is 0.859. The van der Waals surface area contributed by atoms with Crippen LogP contribution in [-0.4, -0.2) is 14.8 Å². The van der Waals surface area contributed by atoms with Crippen molar-refractivity contribution in [3.8, 4) is 11.3 Å². The van der Waals surface area contributed by atoms with E-state index in [0.29, 0.717) is 4.99 Å². The molecule has 0 bridgehead atoms. The molecule has 0 atom stereocenters. The molecule has 20 heavy (non-hydrogen) atoms. The third kappa shape index (κ3) is 2.75. The van der Waals surface area contributed by atoms with Gasteiger partial charge in [-0.15, -0.1) is 0 Å². The van der Waals surface area contributed by atoms with Crippen LogP contribution in [0.25, 0.3) is 11.3 Å². The Morgan fingerprint density at radius 1 is 1.20 bits per heavy atom. The third-order valence-electron chi connectivity index (χ3n) is 3.45. The summed E-state index contributed by atoms with van der Waals surface area (Å²) in [5.41, 5.74) is 11.0. The van der Waals surface area contributed by atoms with E-state index in [9.17, 15) is 0 Å². The number of benzene rings is 1. The fourth-order valence-electron chi connectivity index (χ4n) is 2.00. The minimum absolute atomic E-state index is 0.0997. The number of nitrogens with two attached hydrogens (primary N) is 1. The number of hydrogen-bond acceptors (Lipinski definition) is 2. The van der Waals surface area contributed by atoms with Crippen LogP contribution in [0.5, 0.6) is 0 Å². The molecule has 1 aromatic carbocycles. The molecule has 2 N–H and O–H groups in total. The molecule has 0 fully saturated rings. The molecule has 2 rings (SSSR count). The van der Waals surface area contributed by atoms with Gasteiger partial charge in [-0.3, -0.25) is 4.68 Å². The molecule has 0 aliphatic carbocycles. The van der Waals surface area contributed by atoms with E-state index in [4.69, 9.17) is 23.1 Å². The van der Waals surface area contributed by atoms with E-state index < -0.39 is 0 Å². The van der Waals surface area contributed by atoms with E-state index in [-0.39, 0.29) is 5.54 Å². The van der Waals surface area contributed by atoms with Gasteiger partial charge in [0.1, 0.15) is 10.7 Å². The van der Waals surface area contributed by atoms with Gasteiger partial charge in [-0.2, -0.15) is 5.10 Å². The Balaban J connectivity index is 2.63. The van der Waals surface area contributed by atoms with Crippen molar-refractivity contribution in [3.05, 3.63) is 41.1 Å². The maximum atomic E-state index is 5.85. The van der Waals surface area contributed by atoms with Gasteiger partial charge in [-0.1, -0.05) is 24.4 Å². The van der Waals surface area contributed by atoms with Crippen LogP contribution in [0, 0.1) is 13.8 Å². The zero-order chi connectivity index (χ0) is 15.1. The molecule has 0 saturated carbocycles. The van der Waals surface area contributed by atoms with Crippen LogP contribution in [0.3, 0.4) is 0 Å². The van der Waals surface area contributed by atoms with Crippen LogP contribution >= 0.6 is 12.2 Å². The Labute approximate surface area is 125 Å². The lowest BCUT2D eigenvalue weighted by atomic mass is 10.0. The van der Waals surface area contributed by atoms with Crippen molar-refractivity contribution in [2.75, 3.05) is 0 Å². The molecule has 1 heterocycles. The van der Waals surface area contributed by atoms with Gasteiger partial charge in [0.2, 0.25) is 0 Å². The maximum Gasteiger partial charge on any atom is 0.107 e. The SMILES string of the molecule is Cc1ccc(-c2nn(C(C)(C)C)cc2C(N)=S)cc1C. The van der Waals surface area contributed by atoms with Crippen molar-refractivity contribution in [1.29, 1.82) is 0 Å². The van der Waals surface area contributed by atoms with E-state index in [0.717, 1.165) is 16.8 Å². The second-order valence-corrected chi connectivity index (χ2v) is 6.61. The number of hydrogen-bond donors (Lipinski definition) is 1. The van der Waals surface area contributed by atoms with E-state index in [2.05, 4.69) is 52.8 Å². The molecule has 0 amide bonds. The summed E-state index contributed by atoms with van der Waals surface area (Å²) in [5.74, 6) is 0. The highest BCUT2D eigenvalue weighted by molar-refractivity contribution is 7.80. The lowest BCUT2D eigenvalue weighted by Gasteiger charge is -2.18. The van der Waals surface area contributed by atoms with Crippen LogP contribution in [0.4, 0.5) is 0 Å². The first kappa shape index (κ1) is 14.7. The highest BCUT2D eigenvalue weighted by Crippen LogP contribution is 2.26. The summed E-state index contributed by atoms with van der Waals surface area (Å²) in [6.45, 7) is 10.5. The van der Waals surface area contributed by atoms with Crippen LogP contribution in [0.1, 0.15) is 37.5 Å². The molecule has 0 spiro atoms. The van der Waals surface area contributed by atoms with Gasteiger partial charge < -0.3 is 5.73 Å². The minimum atomic E-state index is -0.0997. The van der Waals surface area contributed by atoms with Crippen LogP contribution < -0.4 is 5.73 Å².